The number of esters is 1. The molecule has 0 aromatic carbocycles. The topological polar surface area (TPSA) is 134 Å². The molecule has 1 saturated heterocycles. The van der Waals surface area contributed by atoms with Crippen molar-refractivity contribution >= 4 is 11.8 Å². The van der Waals surface area contributed by atoms with Crippen LogP contribution in [0.15, 0.2) is 0 Å². The Bertz CT molecular complexity index is 291. The largest absolute Gasteiger partial charge is 0.449 e. The van der Waals surface area contributed by atoms with E-state index >= 15 is 0 Å². The van der Waals surface area contributed by atoms with Crippen molar-refractivity contribution in [3.05, 3.63) is 0 Å². The second-order valence-electron chi connectivity index (χ2n) is 3.56. The minimum Gasteiger partial charge on any atom is -0.449 e. The van der Waals surface area contributed by atoms with Gasteiger partial charge in [-0.05, 0) is 0 Å². The summed E-state index contributed by atoms with van der Waals surface area (Å²) in [6.45, 7) is -1.71. The summed E-state index contributed by atoms with van der Waals surface area (Å²) in [5.41, 5.74) is 0. The van der Waals surface area contributed by atoms with Gasteiger partial charge in [-0.2, -0.15) is 0 Å². The number of ketones is 1. The first-order valence-corrected chi connectivity index (χ1v) is 4.95. The van der Waals surface area contributed by atoms with Gasteiger partial charge in [-0.3, -0.25) is 4.79 Å². The second-order valence-corrected chi connectivity index (χ2v) is 3.56. The average molecular weight is 250 g/mol. The lowest BCUT2D eigenvalue weighted by atomic mass is 10.1. The van der Waals surface area contributed by atoms with Crippen molar-refractivity contribution in [1.29, 1.82) is 0 Å². The minimum atomic E-state index is -1.54. The molecular weight excluding hydrogens is 236 g/mol. The van der Waals surface area contributed by atoms with Crippen molar-refractivity contribution in [3.63, 3.8) is 0 Å². The number of ether oxygens (including phenoxy) is 2. The van der Waals surface area contributed by atoms with Crippen LogP contribution in [-0.4, -0.2) is 76.4 Å². The Balaban J connectivity index is 2.57. The molecule has 0 saturated carbocycles. The number of carbonyl (C=O) groups is 2. The fraction of sp³-hybridized carbons (Fsp3) is 0.778. The third-order valence-corrected chi connectivity index (χ3v) is 2.20. The number of aliphatic hydroxyl groups excluding tert-OH is 4. The summed E-state index contributed by atoms with van der Waals surface area (Å²) in [7, 11) is 0. The van der Waals surface area contributed by atoms with E-state index in [1.807, 2.05) is 0 Å². The molecule has 0 spiro atoms. The predicted molar refractivity (Wildman–Crippen MR) is 50.8 cm³/mol. The van der Waals surface area contributed by atoms with Gasteiger partial charge < -0.3 is 29.9 Å². The predicted octanol–water partition coefficient (Wildman–Crippen LogP) is -3.43. The number of hydrogen-bond acceptors (Lipinski definition) is 8. The molecule has 8 heteroatoms. The lowest BCUT2D eigenvalue weighted by Gasteiger charge is -2.12. The maximum Gasteiger partial charge on any atom is 0.344 e. The fourth-order valence-electron chi connectivity index (χ4n) is 1.28. The van der Waals surface area contributed by atoms with Crippen molar-refractivity contribution < 1.29 is 39.5 Å². The molecule has 1 aliphatic heterocycles. The molecule has 0 amide bonds. The van der Waals surface area contributed by atoms with Crippen LogP contribution in [0, 0.1) is 0 Å². The standard InChI is InChI=1S/C9H14O8/c10-1-4(12)3-16-8-6(14)7(5(13)2-11)17-9(8)15/h4-5,7-8,10-13H,1-3H2/t4?,5-,7+,8?/m0/s1. The van der Waals surface area contributed by atoms with Crippen molar-refractivity contribution in [2.24, 2.45) is 0 Å². The van der Waals surface area contributed by atoms with E-state index < -0.39 is 56.0 Å². The lowest BCUT2D eigenvalue weighted by molar-refractivity contribution is -0.154. The van der Waals surface area contributed by atoms with Crippen LogP contribution in [0.3, 0.4) is 0 Å². The summed E-state index contributed by atoms with van der Waals surface area (Å²) in [6.07, 6.45) is -5.70. The maximum absolute atomic E-state index is 11.5. The number of carbonyl (C=O) groups excluding carboxylic acids is 2. The highest BCUT2D eigenvalue weighted by molar-refractivity contribution is 6.09. The highest BCUT2D eigenvalue weighted by Crippen LogP contribution is 2.17. The third-order valence-electron chi connectivity index (χ3n) is 2.20. The molecule has 0 aliphatic carbocycles. The number of rotatable bonds is 6. The quantitative estimate of drug-likeness (QED) is 0.283. The first-order valence-electron chi connectivity index (χ1n) is 4.95. The molecule has 17 heavy (non-hydrogen) atoms. The number of Topliss-reactive ketones (excluding diaryl/α,β-unsaturated/α-hetero) is 1. The summed E-state index contributed by atoms with van der Waals surface area (Å²) in [4.78, 5) is 22.7. The Morgan fingerprint density at radius 1 is 1.24 bits per heavy atom. The molecule has 8 nitrogen and oxygen atoms in total. The summed E-state index contributed by atoms with van der Waals surface area (Å²) < 4.78 is 9.32. The van der Waals surface area contributed by atoms with E-state index in [9.17, 15) is 14.7 Å². The number of aliphatic hydroxyl groups is 4. The zero-order valence-corrected chi connectivity index (χ0v) is 8.85. The summed E-state index contributed by atoms with van der Waals surface area (Å²) >= 11 is 0. The van der Waals surface area contributed by atoms with Crippen LogP contribution in [0.2, 0.25) is 0 Å². The Morgan fingerprint density at radius 3 is 2.41 bits per heavy atom. The van der Waals surface area contributed by atoms with Gasteiger partial charge in [0.2, 0.25) is 11.9 Å². The van der Waals surface area contributed by atoms with Crippen molar-refractivity contribution in [3.8, 4) is 0 Å². The van der Waals surface area contributed by atoms with Gasteiger partial charge in [0, 0.05) is 0 Å². The second kappa shape index (κ2) is 6.03. The molecule has 0 aromatic heterocycles. The first kappa shape index (κ1) is 14.0. The van der Waals surface area contributed by atoms with Crippen LogP contribution < -0.4 is 0 Å². The molecule has 0 bridgehead atoms. The van der Waals surface area contributed by atoms with E-state index in [0.717, 1.165) is 0 Å². The van der Waals surface area contributed by atoms with Crippen molar-refractivity contribution in [1.82, 2.24) is 0 Å². The Hall–Kier alpha value is -1.06. The Morgan fingerprint density at radius 2 is 1.88 bits per heavy atom. The zero-order valence-electron chi connectivity index (χ0n) is 8.85. The molecule has 1 heterocycles. The highest BCUT2D eigenvalue weighted by Gasteiger charge is 2.47. The van der Waals surface area contributed by atoms with Crippen LogP contribution in [0.4, 0.5) is 0 Å². The van der Waals surface area contributed by atoms with Crippen LogP contribution in [0.1, 0.15) is 0 Å². The van der Waals surface area contributed by atoms with Crippen molar-refractivity contribution in [2.75, 3.05) is 19.8 Å². The average Bonchev–Trinajstić information content (AvgIpc) is 2.61. The van der Waals surface area contributed by atoms with Crippen LogP contribution in [0.25, 0.3) is 0 Å². The smallest absolute Gasteiger partial charge is 0.344 e. The van der Waals surface area contributed by atoms with Gasteiger partial charge in [-0.15, -0.1) is 0 Å². The van der Waals surface area contributed by atoms with E-state index in [-0.39, 0.29) is 0 Å². The van der Waals surface area contributed by atoms with Gasteiger partial charge in [0.1, 0.15) is 12.2 Å². The SMILES string of the molecule is O=C1O[C@H]([C@@H](O)CO)C(=O)C1OCC(O)CO. The van der Waals surface area contributed by atoms with Gasteiger partial charge in [0.05, 0.1) is 19.8 Å². The molecule has 1 aliphatic rings. The molecule has 98 valence electrons. The maximum atomic E-state index is 11.5. The van der Waals surface area contributed by atoms with Gasteiger partial charge in [-0.25, -0.2) is 4.79 Å². The molecule has 2 unspecified atom stereocenters. The van der Waals surface area contributed by atoms with Crippen LogP contribution in [0.5, 0.6) is 0 Å². The zero-order chi connectivity index (χ0) is 13.0. The van der Waals surface area contributed by atoms with E-state index in [0.29, 0.717) is 0 Å². The molecular formula is C9H14O8. The molecule has 1 rings (SSSR count). The van der Waals surface area contributed by atoms with Gasteiger partial charge in [0.25, 0.3) is 0 Å². The summed E-state index contributed by atoms with van der Waals surface area (Å²) in [5.74, 6) is -1.81. The Labute approximate surface area is 96.4 Å². The van der Waals surface area contributed by atoms with Gasteiger partial charge in [0.15, 0.2) is 6.10 Å². The van der Waals surface area contributed by atoms with Crippen molar-refractivity contribution in [2.45, 2.75) is 24.4 Å². The molecule has 0 aromatic rings. The van der Waals surface area contributed by atoms with E-state index in [1.165, 1.54) is 0 Å². The van der Waals surface area contributed by atoms with E-state index in [4.69, 9.17) is 20.1 Å². The number of hydrogen-bond donors (Lipinski definition) is 4. The van der Waals surface area contributed by atoms with E-state index in [1.54, 1.807) is 0 Å². The molecule has 4 atom stereocenters. The minimum absolute atomic E-state index is 0.413. The number of cyclic esters (lactones) is 1. The van der Waals surface area contributed by atoms with Crippen LogP contribution in [-0.2, 0) is 19.1 Å². The summed E-state index contributed by atoms with van der Waals surface area (Å²) in [6, 6.07) is 0. The molecule has 4 N–H and O–H groups in total. The van der Waals surface area contributed by atoms with E-state index in [2.05, 4.69) is 4.74 Å². The van der Waals surface area contributed by atoms with Crippen LogP contribution >= 0.6 is 0 Å². The normalized spacial score (nSPS) is 28.0. The third kappa shape index (κ3) is 3.20. The monoisotopic (exact) mass is 250 g/mol. The summed E-state index contributed by atoms with van der Waals surface area (Å²) in [5, 5.41) is 35.3. The highest BCUT2D eigenvalue weighted by atomic mass is 16.6. The van der Waals surface area contributed by atoms with Gasteiger partial charge in [-0.1, -0.05) is 0 Å². The lowest BCUT2D eigenvalue weighted by Crippen LogP contribution is -2.38. The molecule has 0 radical (unpaired) electrons. The van der Waals surface area contributed by atoms with Gasteiger partial charge >= 0.3 is 5.97 Å². The molecule has 1 fully saturated rings. The Kier molecular flexibility index (Phi) is 4.97. The first-order chi connectivity index (χ1) is 8.01. The fourth-order valence-corrected chi connectivity index (χ4v) is 1.28.